The number of hydrogen-bond acceptors (Lipinski definition) is 3. The molecule has 1 N–H and O–H groups in total. The van der Waals surface area contributed by atoms with Gasteiger partial charge < -0.3 is 19.9 Å². The van der Waals surface area contributed by atoms with Crippen LogP contribution in [0.3, 0.4) is 0 Å². The molecule has 0 radical (unpaired) electrons. The van der Waals surface area contributed by atoms with Crippen molar-refractivity contribution in [3.05, 3.63) is 34.9 Å². The summed E-state index contributed by atoms with van der Waals surface area (Å²) in [4.78, 5) is 28.8. The maximum absolute atomic E-state index is 12.6. The molecule has 1 aromatic carbocycles. The average molecular weight is 380 g/mol. The lowest BCUT2D eigenvalue weighted by Crippen LogP contribution is -2.49. The Labute approximate surface area is 159 Å². The Hall–Kier alpha value is -1.79. The van der Waals surface area contributed by atoms with Gasteiger partial charge in [-0.25, -0.2) is 4.79 Å². The minimum Gasteiger partial charge on any atom is -0.378 e. The number of likely N-dealkylation sites (tertiary alicyclic amines) is 1. The van der Waals surface area contributed by atoms with E-state index in [2.05, 4.69) is 5.32 Å². The predicted octanol–water partition coefficient (Wildman–Crippen LogP) is 2.68. The summed E-state index contributed by atoms with van der Waals surface area (Å²) in [5.74, 6) is 0.218. The Morgan fingerprint density at radius 2 is 1.77 bits per heavy atom. The zero-order valence-corrected chi connectivity index (χ0v) is 15.9. The van der Waals surface area contributed by atoms with E-state index < -0.39 is 0 Å². The van der Waals surface area contributed by atoms with Gasteiger partial charge in [-0.2, -0.15) is 0 Å². The Kier molecular flexibility index (Phi) is 6.38. The molecular formula is C19H26ClN3O3. The first-order valence-corrected chi connectivity index (χ1v) is 9.60. The molecule has 2 heterocycles. The number of rotatable bonds is 3. The summed E-state index contributed by atoms with van der Waals surface area (Å²) in [6.45, 7) is 5.71. The fraction of sp³-hybridized carbons (Fsp3) is 0.579. The zero-order chi connectivity index (χ0) is 18.5. The lowest BCUT2D eigenvalue weighted by molar-refractivity contribution is -0.141. The molecule has 0 aliphatic carbocycles. The fourth-order valence-corrected chi connectivity index (χ4v) is 3.85. The van der Waals surface area contributed by atoms with Crippen molar-refractivity contribution in [3.63, 3.8) is 0 Å². The summed E-state index contributed by atoms with van der Waals surface area (Å²) in [7, 11) is 0. The number of piperidine rings is 1. The van der Waals surface area contributed by atoms with Crippen molar-refractivity contribution in [1.29, 1.82) is 0 Å². The van der Waals surface area contributed by atoms with Gasteiger partial charge in [0.1, 0.15) is 0 Å². The van der Waals surface area contributed by atoms with Gasteiger partial charge in [-0.1, -0.05) is 29.8 Å². The highest BCUT2D eigenvalue weighted by Gasteiger charge is 2.31. The van der Waals surface area contributed by atoms with E-state index in [1.807, 2.05) is 36.1 Å². The first kappa shape index (κ1) is 19.0. The maximum atomic E-state index is 12.6. The summed E-state index contributed by atoms with van der Waals surface area (Å²) in [6, 6.07) is 7.25. The summed E-state index contributed by atoms with van der Waals surface area (Å²) < 4.78 is 5.30. The van der Waals surface area contributed by atoms with Gasteiger partial charge in [-0.15, -0.1) is 0 Å². The monoisotopic (exact) mass is 379 g/mol. The largest absolute Gasteiger partial charge is 0.378 e. The van der Waals surface area contributed by atoms with Gasteiger partial charge in [-0.05, 0) is 31.4 Å². The molecule has 2 aliphatic heterocycles. The van der Waals surface area contributed by atoms with Crippen LogP contribution in [0.1, 0.15) is 31.4 Å². The van der Waals surface area contributed by atoms with Crippen molar-refractivity contribution in [3.8, 4) is 0 Å². The zero-order valence-electron chi connectivity index (χ0n) is 15.1. The smallest absolute Gasteiger partial charge is 0.317 e. The second-order valence-electron chi connectivity index (χ2n) is 6.89. The average Bonchev–Trinajstić information content (AvgIpc) is 2.68. The van der Waals surface area contributed by atoms with E-state index in [1.54, 1.807) is 4.90 Å². The van der Waals surface area contributed by atoms with Gasteiger partial charge in [0.25, 0.3) is 0 Å². The van der Waals surface area contributed by atoms with Crippen LogP contribution in [-0.4, -0.2) is 61.1 Å². The summed E-state index contributed by atoms with van der Waals surface area (Å²) >= 11 is 6.20. The molecule has 1 atom stereocenters. The van der Waals surface area contributed by atoms with Crippen molar-refractivity contribution < 1.29 is 14.3 Å². The van der Waals surface area contributed by atoms with E-state index in [1.165, 1.54) is 0 Å². The molecule has 0 bridgehead atoms. The highest BCUT2D eigenvalue weighted by Crippen LogP contribution is 2.24. The number of nitrogens with zero attached hydrogens (tertiary/aromatic N) is 2. The predicted molar refractivity (Wildman–Crippen MR) is 100 cm³/mol. The molecule has 2 fully saturated rings. The Balaban J connectivity index is 1.49. The molecule has 1 unspecified atom stereocenters. The van der Waals surface area contributed by atoms with Gasteiger partial charge in [0.05, 0.1) is 19.3 Å². The number of hydrogen-bond donors (Lipinski definition) is 1. The standard InChI is InChI=1S/C19H26ClN3O3/c1-14(16-4-2-3-5-17(16)20)21-19(25)23-8-6-15(7-9-23)18(24)22-10-12-26-13-11-22/h2-5,14-15H,6-13H2,1H3,(H,21,25). The number of nitrogens with one attached hydrogen (secondary N) is 1. The molecule has 3 rings (SSSR count). The second-order valence-corrected chi connectivity index (χ2v) is 7.30. The molecule has 1 aromatic rings. The number of morpholine rings is 1. The lowest BCUT2D eigenvalue weighted by atomic mass is 9.95. The maximum Gasteiger partial charge on any atom is 0.317 e. The van der Waals surface area contributed by atoms with Gasteiger partial charge in [0.15, 0.2) is 0 Å². The highest BCUT2D eigenvalue weighted by atomic mass is 35.5. The van der Waals surface area contributed by atoms with Crippen molar-refractivity contribution in [2.75, 3.05) is 39.4 Å². The van der Waals surface area contributed by atoms with E-state index in [0.29, 0.717) is 57.3 Å². The Bertz CT molecular complexity index is 641. The number of carbonyl (C=O) groups is 2. The number of benzene rings is 1. The molecule has 0 saturated carbocycles. The van der Waals surface area contributed by atoms with Gasteiger partial charge >= 0.3 is 6.03 Å². The molecule has 0 aromatic heterocycles. The van der Waals surface area contributed by atoms with E-state index >= 15 is 0 Å². The van der Waals surface area contributed by atoms with Crippen LogP contribution in [0.15, 0.2) is 24.3 Å². The fourth-order valence-electron chi connectivity index (χ4n) is 3.55. The van der Waals surface area contributed by atoms with Crippen LogP contribution in [0, 0.1) is 5.92 Å². The van der Waals surface area contributed by atoms with Gasteiger partial charge in [-0.3, -0.25) is 4.79 Å². The molecular weight excluding hydrogens is 354 g/mol. The number of carbonyl (C=O) groups excluding carboxylic acids is 2. The molecule has 3 amide bonds. The summed E-state index contributed by atoms with van der Waals surface area (Å²) in [6.07, 6.45) is 1.42. The number of ether oxygens (including phenoxy) is 1. The third kappa shape index (κ3) is 4.48. The Morgan fingerprint density at radius 3 is 2.42 bits per heavy atom. The summed E-state index contributed by atoms with van der Waals surface area (Å²) in [5.41, 5.74) is 0.903. The second kappa shape index (κ2) is 8.73. The first-order valence-electron chi connectivity index (χ1n) is 9.22. The summed E-state index contributed by atoms with van der Waals surface area (Å²) in [5, 5.41) is 3.65. The van der Waals surface area contributed by atoms with Gasteiger partial charge in [0.2, 0.25) is 5.91 Å². The van der Waals surface area contributed by atoms with Crippen LogP contribution in [0.2, 0.25) is 5.02 Å². The molecule has 26 heavy (non-hydrogen) atoms. The highest BCUT2D eigenvalue weighted by molar-refractivity contribution is 6.31. The normalized spacial score (nSPS) is 19.9. The molecule has 142 valence electrons. The molecule has 6 nitrogen and oxygen atoms in total. The molecule has 0 spiro atoms. The van der Waals surface area contributed by atoms with Crippen LogP contribution >= 0.6 is 11.6 Å². The van der Waals surface area contributed by atoms with Crippen molar-refractivity contribution in [1.82, 2.24) is 15.1 Å². The molecule has 2 aliphatic rings. The number of urea groups is 1. The lowest BCUT2D eigenvalue weighted by Gasteiger charge is -2.36. The van der Waals surface area contributed by atoms with Crippen LogP contribution in [0.4, 0.5) is 4.79 Å². The number of halogens is 1. The van der Waals surface area contributed by atoms with Gasteiger partial charge in [0, 0.05) is 37.1 Å². The van der Waals surface area contributed by atoms with E-state index in [9.17, 15) is 9.59 Å². The molecule has 2 saturated heterocycles. The van der Waals surface area contributed by atoms with Crippen molar-refractivity contribution in [2.24, 2.45) is 5.92 Å². The van der Waals surface area contributed by atoms with E-state index in [0.717, 1.165) is 5.56 Å². The van der Waals surface area contributed by atoms with Crippen LogP contribution in [0.5, 0.6) is 0 Å². The van der Waals surface area contributed by atoms with E-state index in [-0.39, 0.29) is 23.9 Å². The SMILES string of the molecule is CC(NC(=O)N1CCC(C(=O)N2CCOCC2)CC1)c1ccccc1Cl. The number of amides is 3. The van der Waals surface area contributed by atoms with Crippen LogP contribution in [0.25, 0.3) is 0 Å². The minimum atomic E-state index is -0.163. The molecule has 7 heteroatoms. The van der Waals surface area contributed by atoms with Crippen LogP contribution in [-0.2, 0) is 9.53 Å². The van der Waals surface area contributed by atoms with Crippen molar-refractivity contribution >= 4 is 23.5 Å². The van der Waals surface area contributed by atoms with E-state index in [4.69, 9.17) is 16.3 Å². The minimum absolute atomic E-state index is 0.0122. The topological polar surface area (TPSA) is 61.9 Å². The Morgan fingerprint density at radius 1 is 1.12 bits per heavy atom. The van der Waals surface area contributed by atoms with Crippen molar-refractivity contribution in [2.45, 2.75) is 25.8 Å². The third-order valence-corrected chi connectivity index (χ3v) is 5.51. The quantitative estimate of drug-likeness (QED) is 0.878. The van der Waals surface area contributed by atoms with Crippen LogP contribution < -0.4 is 5.32 Å². The third-order valence-electron chi connectivity index (χ3n) is 5.17. The first-order chi connectivity index (χ1) is 12.6.